The summed E-state index contributed by atoms with van der Waals surface area (Å²) in [6.07, 6.45) is 0.530. The Balaban J connectivity index is 2.18. The fourth-order valence-corrected chi connectivity index (χ4v) is 2.11. The number of rotatable bonds is 5. The molecular formula is C13H11F2NO4. The van der Waals surface area contributed by atoms with Crippen LogP contribution in [0.2, 0.25) is 0 Å². The van der Waals surface area contributed by atoms with E-state index in [9.17, 15) is 23.2 Å². The van der Waals surface area contributed by atoms with Crippen LogP contribution in [0.25, 0.3) is 0 Å². The Kier molecular flexibility index (Phi) is 3.78. The van der Waals surface area contributed by atoms with E-state index in [4.69, 9.17) is 5.11 Å². The van der Waals surface area contributed by atoms with Gasteiger partial charge >= 0.3 is 5.97 Å². The maximum Gasteiger partial charge on any atom is 0.303 e. The summed E-state index contributed by atoms with van der Waals surface area (Å²) in [5, 5.41) is 8.50. The first-order chi connectivity index (χ1) is 9.41. The molecule has 7 heteroatoms. The van der Waals surface area contributed by atoms with Crippen molar-refractivity contribution in [2.45, 2.75) is 19.3 Å². The number of halogens is 2. The number of carbonyl (C=O) groups excluding carboxylic acids is 2. The zero-order valence-corrected chi connectivity index (χ0v) is 10.4. The molecule has 106 valence electrons. The van der Waals surface area contributed by atoms with Gasteiger partial charge in [0.05, 0.1) is 11.3 Å². The zero-order valence-electron chi connectivity index (χ0n) is 10.4. The van der Waals surface area contributed by atoms with Crippen molar-refractivity contribution < 1.29 is 28.3 Å². The normalized spacial score (nSPS) is 13.8. The summed E-state index contributed by atoms with van der Waals surface area (Å²) in [5.74, 6) is -4.73. The molecule has 1 heterocycles. The predicted molar refractivity (Wildman–Crippen MR) is 64.5 cm³/mol. The number of hydrogen-bond donors (Lipinski definition) is 1. The van der Waals surface area contributed by atoms with Crippen LogP contribution in [0.5, 0.6) is 0 Å². The van der Waals surface area contributed by atoms with Gasteiger partial charge in [-0.05, 0) is 18.9 Å². The maximum absolute atomic E-state index is 13.7. The van der Waals surface area contributed by atoms with Crippen LogP contribution in [-0.4, -0.2) is 29.3 Å². The average molecular weight is 283 g/mol. The SMILES string of the molecule is O=C(O)CCCCN1C(=O)C(=O)c2cc(F)cc(F)c21. The zero-order chi connectivity index (χ0) is 14.9. The number of Topliss-reactive ketones (excluding diaryl/α,β-unsaturated/α-hetero) is 1. The van der Waals surface area contributed by atoms with Gasteiger partial charge in [0.2, 0.25) is 0 Å². The van der Waals surface area contributed by atoms with Crippen molar-refractivity contribution in [3.8, 4) is 0 Å². The maximum atomic E-state index is 13.7. The summed E-state index contributed by atoms with van der Waals surface area (Å²) in [6, 6.07) is 1.44. The van der Waals surface area contributed by atoms with E-state index >= 15 is 0 Å². The first-order valence-corrected chi connectivity index (χ1v) is 5.99. The number of aliphatic carboxylic acids is 1. The van der Waals surface area contributed by atoms with E-state index in [2.05, 4.69) is 0 Å². The fraction of sp³-hybridized carbons (Fsp3) is 0.308. The number of fused-ring (bicyclic) bond motifs is 1. The van der Waals surface area contributed by atoms with E-state index in [1.807, 2.05) is 0 Å². The van der Waals surface area contributed by atoms with Crippen LogP contribution in [0.4, 0.5) is 14.5 Å². The third kappa shape index (κ3) is 2.52. The Morgan fingerprint density at radius 1 is 1.20 bits per heavy atom. The van der Waals surface area contributed by atoms with Crippen LogP contribution < -0.4 is 4.90 Å². The van der Waals surface area contributed by atoms with E-state index in [-0.39, 0.29) is 24.2 Å². The molecule has 1 aromatic carbocycles. The second-order valence-corrected chi connectivity index (χ2v) is 4.42. The van der Waals surface area contributed by atoms with Gasteiger partial charge < -0.3 is 10.0 Å². The molecule has 0 saturated heterocycles. The van der Waals surface area contributed by atoms with Gasteiger partial charge in [-0.1, -0.05) is 0 Å². The van der Waals surface area contributed by atoms with Gasteiger partial charge in [-0.3, -0.25) is 14.4 Å². The largest absolute Gasteiger partial charge is 0.481 e. The molecule has 2 rings (SSSR count). The molecule has 1 aliphatic heterocycles. The Morgan fingerprint density at radius 3 is 2.55 bits per heavy atom. The number of carboxylic acids is 1. The number of ketones is 1. The second kappa shape index (κ2) is 5.36. The van der Waals surface area contributed by atoms with E-state index in [0.717, 1.165) is 11.0 Å². The lowest BCUT2D eigenvalue weighted by Crippen LogP contribution is -2.31. The number of amides is 1. The van der Waals surface area contributed by atoms with E-state index in [1.165, 1.54) is 0 Å². The van der Waals surface area contributed by atoms with Crippen LogP contribution >= 0.6 is 0 Å². The van der Waals surface area contributed by atoms with Crippen molar-refractivity contribution in [1.82, 2.24) is 0 Å². The quantitative estimate of drug-likeness (QED) is 0.660. The molecule has 0 spiro atoms. The highest BCUT2D eigenvalue weighted by Gasteiger charge is 2.38. The molecule has 1 amide bonds. The molecule has 0 fully saturated rings. The van der Waals surface area contributed by atoms with Gasteiger partial charge in [-0.2, -0.15) is 0 Å². The van der Waals surface area contributed by atoms with Crippen molar-refractivity contribution in [1.29, 1.82) is 0 Å². The fourth-order valence-electron chi connectivity index (χ4n) is 2.11. The van der Waals surface area contributed by atoms with E-state index < -0.39 is 29.3 Å². The van der Waals surface area contributed by atoms with Gasteiger partial charge in [0.1, 0.15) is 5.82 Å². The standard InChI is InChI=1S/C13H11F2NO4/c14-7-5-8-11(9(15)6-7)16(13(20)12(8)19)4-2-1-3-10(17)18/h5-6H,1-4H2,(H,17,18). The van der Waals surface area contributed by atoms with Gasteiger partial charge in [0.25, 0.3) is 11.7 Å². The Labute approximate surface area is 112 Å². The van der Waals surface area contributed by atoms with Crippen molar-refractivity contribution in [2.24, 2.45) is 0 Å². The molecule has 0 aromatic heterocycles. The monoisotopic (exact) mass is 283 g/mol. The first kappa shape index (κ1) is 14.1. The number of anilines is 1. The number of benzene rings is 1. The highest BCUT2D eigenvalue weighted by atomic mass is 19.1. The third-order valence-electron chi connectivity index (χ3n) is 3.00. The Bertz CT molecular complexity index is 600. The molecule has 0 aliphatic carbocycles. The van der Waals surface area contributed by atoms with E-state index in [1.54, 1.807) is 0 Å². The molecule has 1 N–H and O–H groups in total. The summed E-state index contributed by atoms with van der Waals surface area (Å²) in [5.41, 5.74) is -0.512. The van der Waals surface area contributed by atoms with Crippen molar-refractivity contribution in [2.75, 3.05) is 11.4 Å². The van der Waals surface area contributed by atoms with Crippen LogP contribution in [0, 0.1) is 11.6 Å². The van der Waals surface area contributed by atoms with Crippen molar-refractivity contribution in [3.63, 3.8) is 0 Å². The highest BCUT2D eigenvalue weighted by Crippen LogP contribution is 2.32. The molecule has 1 aromatic rings. The molecule has 20 heavy (non-hydrogen) atoms. The van der Waals surface area contributed by atoms with Gasteiger partial charge in [0, 0.05) is 19.0 Å². The average Bonchev–Trinajstić information content (AvgIpc) is 2.59. The molecule has 1 aliphatic rings. The third-order valence-corrected chi connectivity index (χ3v) is 3.00. The summed E-state index contributed by atoms with van der Waals surface area (Å²) >= 11 is 0. The number of hydrogen-bond acceptors (Lipinski definition) is 3. The van der Waals surface area contributed by atoms with Crippen molar-refractivity contribution >= 4 is 23.3 Å². The summed E-state index contributed by atoms with van der Waals surface area (Å²) in [6.45, 7) is 0.0212. The van der Waals surface area contributed by atoms with Gasteiger partial charge in [0.15, 0.2) is 5.82 Å². The summed E-state index contributed by atoms with van der Waals surface area (Å²) in [4.78, 5) is 34.7. The molecule has 0 bridgehead atoms. The minimum atomic E-state index is -0.975. The van der Waals surface area contributed by atoms with E-state index in [0.29, 0.717) is 18.9 Å². The smallest absolute Gasteiger partial charge is 0.303 e. The topological polar surface area (TPSA) is 74.7 Å². The first-order valence-electron chi connectivity index (χ1n) is 5.99. The minimum Gasteiger partial charge on any atom is -0.481 e. The molecule has 0 saturated carbocycles. The molecule has 5 nitrogen and oxygen atoms in total. The number of carbonyl (C=O) groups is 3. The highest BCUT2D eigenvalue weighted by molar-refractivity contribution is 6.52. The summed E-state index contributed by atoms with van der Waals surface area (Å²) in [7, 11) is 0. The van der Waals surface area contributed by atoms with Crippen LogP contribution in [0.1, 0.15) is 29.6 Å². The predicted octanol–water partition coefficient (Wildman–Crippen LogP) is 1.75. The lowest BCUT2D eigenvalue weighted by molar-refractivity contribution is -0.137. The van der Waals surface area contributed by atoms with Crippen LogP contribution in [0.15, 0.2) is 12.1 Å². The van der Waals surface area contributed by atoms with Gasteiger partial charge in [-0.25, -0.2) is 8.78 Å². The van der Waals surface area contributed by atoms with Crippen molar-refractivity contribution in [3.05, 3.63) is 29.3 Å². The summed E-state index contributed by atoms with van der Waals surface area (Å²) < 4.78 is 26.8. The Morgan fingerprint density at radius 2 is 1.90 bits per heavy atom. The lowest BCUT2D eigenvalue weighted by atomic mass is 10.1. The lowest BCUT2D eigenvalue weighted by Gasteiger charge is -2.16. The van der Waals surface area contributed by atoms with Gasteiger partial charge in [-0.15, -0.1) is 0 Å². The number of unbranched alkanes of at least 4 members (excludes halogenated alkanes) is 1. The number of nitrogens with zero attached hydrogens (tertiary/aromatic N) is 1. The molecular weight excluding hydrogens is 272 g/mol. The molecule has 0 atom stereocenters. The second-order valence-electron chi connectivity index (χ2n) is 4.42. The number of carboxylic acid groups (broad SMARTS) is 1. The van der Waals surface area contributed by atoms with Crippen LogP contribution in [-0.2, 0) is 9.59 Å². The Hall–Kier alpha value is -2.31. The minimum absolute atomic E-state index is 0.0212. The van der Waals surface area contributed by atoms with Crippen LogP contribution in [0.3, 0.4) is 0 Å². The molecule has 0 unspecified atom stereocenters. The molecule has 0 radical (unpaired) electrons.